The Bertz CT molecular complexity index is 513. The highest BCUT2D eigenvalue weighted by Gasteiger charge is 2.01. The molecule has 10 heteroatoms. The third-order valence-electron chi connectivity index (χ3n) is 1.86. The molecule has 0 aliphatic heterocycles. The number of thioether (sulfide) groups is 2. The molecule has 1 rings (SSSR count). The minimum absolute atomic E-state index is 0.0162. The lowest BCUT2D eigenvalue weighted by Crippen LogP contribution is -2.21. The van der Waals surface area contributed by atoms with Crippen LogP contribution in [0, 0.1) is 11.5 Å². The normalized spacial score (nSPS) is 10.9. The summed E-state index contributed by atoms with van der Waals surface area (Å²) >= 11 is 4.54. The molecule has 1 heterocycles. The number of rotatable bonds is 6. The first-order valence-electron chi connectivity index (χ1n) is 5.51. The van der Waals surface area contributed by atoms with E-state index >= 15 is 0 Å². The fourth-order valence-corrected chi connectivity index (χ4v) is 3.02. The molecule has 0 amide bonds. The monoisotopic (exact) mass is 329 g/mol. The van der Waals surface area contributed by atoms with E-state index in [9.17, 15) is 0 Å². The molecule has 0 aliphatic rings. The molecule has 5 N–H and O–H groups in total. The molecule has 0 radical (unpaired) electrons. The van der Waals surface area contributed by atoms with Gasteiger partial charge in [-0.1, -0.05) is 11.8 Å². The average Bonchev–Trinajstić information content (AvgIpc) is 2.83. The van der Waals surface area contributed by atoms with Crippen LogP contribution in [0.3, 0.4) is 0 Å². The second-order valence-corrected chi connectivity index (χ2v) is 6.08. The summed E-state index contributed by atoms with van der Waals surface area (Å²) in [6, 6.07) is 0. The Labute approximate surface area is 130 Å². The Morgan fingerprint density at radius 3 is 3.05 bits per heavy atom. The Balaban J connectivity index is 2.29. The number of hydrogen-bond acceptors (Lipinski definition) is 7. The second-order valence-electron chi connectivity index (χ2n) is 3.34. The van der Waals surface area contributed by atoms with Crippen molar-refractivity contribution in [1.29, 1.82) is 5.26 Å². The quantitative estimate of drug-likeness (QED) is 0.234. The van der Waals surface area contributed by atoms with E-state index in [4.69, 9.17) is 16.7 Å². The van der Waals surface area contributed by atoms with Crippen molar-refractivity contribution in [1.82, 2.24) is 10.3 Å². The third-order valence-corrected chi connectivity index (χ3v) is 4.23. The largest absolute Gasteiger partial charge is 0.370 e. The van der Waals surface area contributed by atoms with Crippen LogP contribution in [0.1, 0.15) is 5.69 Å². The zero-order valence-corrected chi connectivity index (χ0v) is 13.3. The molecule has 0 atom stereocenters. The Hall–Kier alpha value is -1.44. The highest BCUT2D eigenvalue weighted by atomic mass is 32.2. The number of aromatic nitrogens is 1. The van der Waals surface area contributed by atoms with Gasteiger partial charge in [-0.15, -0.1) is 11.3 Å². The van der Waals surface area contributed by atoms with Crippen molar-refractivity contribution in [3.05, 3.63) is 11.1 Å². The first-order valence-corrected chi connectivity index (χ1v) is 8.77. The number of aliphatic imine (C=N–C) groups is 2. The zero-order chi connectivity index (χ0) is 14.8. The fourth-order valence-electron chi connectivity index (χ4n) is 1.12. The molecule has 0 saturated heterocycles. The van der Waals surface area contributed by atoms with Crippen molar-refractivity contribution in [3.8, 4) is 6.19 Å². The van der Waals surface area contributed by atoms with Gasteiger partial charge in [-0.3, -0.25) is 10.3 Å². The predicted molar refractivity (Wildman–Crippen MR) is 88.3 cm³/mol. The molecule has 20 heavy (non-hydrogen) atoms. The smallest absolute Gasteiger partial charge is 0.212 e. The van der Waals surface area contributed by atoms with Gasteiger partial charge in [0.1, 0.15) is 0 Å². The van der Waals surface area contributed by atoms with Crippen molar-refractivity contribution in [2.45, 2.75) is 5.75 Å². The summed E-state index contributed by atoms with van der Waals surface area (Å²) in [5.41, 5.74) is 11.5. The molecule has 0 aromatic carbocycles. The van der Waals surface area contributed by atoms with Crippen molar-refractivity contribution in [2.24, 2.45) is 21.5 Å². The number of nitrogens with two attached hydrogens (primary N) is 2. The van der Waals surface area contributed by atoms with Gasteiger partial charge in [0.05, 0.1) is 12.2 Å². The van der Waals surface area contributed by atoms with Gasteiger partial charge in [0.25, 0.3) is 0 Å². The van der Waals surface area contributed by atoms with Crippen molar-refractivity contribution < 1.29 is 0 Å². The van der Waals surface area contributed by atoms with Crippen LogP contribution in [-0.4, -0.2) is 34.7 Å². The highest BCUT2D eigenvalue weighted by Crippen LogP contribution is 2.21. The molecular weight excluding hydrogens is 314 g/mol. The summed E-state index contributed by atoms with van der Waals surface area (Å²) in [7, 11) is 0. The van der Waals surface area contributed by atoms with E-state index in [1.165, 1.54) is 23.1 Å². The molecule has 0 aliphatic carbocycles. The van der Waals surface area contributed by atoms with Crippen LogP contribution in [0.5, 0.6) is 0 Å². The lowest BCUT2D eigenvalue weighted by atomic mass is 10.6. The van der Waals surface area contributed by atoms with Crippen LogP contribution in [0.2, 0.25) is 0 Å². The van der Waals surface area contributed by atoms with Crippen molar-refractivity contribution in [3.63, 3.8) is 0 Å². The van der Waals surface area contributed by atoms with Crippen LogP contribution in [0.4, 0.5) is 5.13 Å². The summed E-state index contributed by atoms with van der Waals surface area (Å²) in [5.74, 6) is 1.65. The standard InChI is InChI=1S/C10H15N7S3/c1-18-9(15-6-11)14-2-3-19-4-7-5-20-10(16-7)17-8(12)13/h5H,2-4H2,1H3,(H,14,15)(H4,12,13,16,17). The lowest BCUT2D eigenvalue weighted by molar-refractivity contribution is 1.12. The number of thiazole rings is 1. The van der Waals surface area contributed by atoms with E-state index < -0.39 is 0 Å². The maximum Gasteiger partial charge on any atom is 0.212 e. The molecule has 0 unspecified atom stereocenters. The van der Waals surface area contributed by atoms with Gasteiger partial charge in [0.2, 0.25) is 5.13 Å². The van der Waals surface area contributed by atoms with E-state index in [2.05, 4.69) is 20.3 Å². The Morgan fingerprint density at radius 1 is 1.60 bits per heavy atom. The molecule has 0 saturated carbocycles. The Morgan fingerprint density at radius 2 is 2.40 bits per heavy atom. The third kappa shape index (κ3) is 6.65. The molecule has 0 bridgehead atoms. The molecule has 108 valence electrons. The number of nitrogens with zero attached hydrogens (tertiary/aromatic N) is 4. The van der Waals surface area contributed by atoms with E-state index in [1.807, 2.05) is 17.8 Å². The van der Waals surface area contributed by atoms with Crippen molar-refractivity contribution in [2.75, 3.05) is 18.6 Å². The minimum atomic E-state index is 0.0162. The number of hydrogen-bond donors (Lipinski definition) is 3. The van der Waals surface area contributed by atoms with Crippen LogP contribution >= 0.6 is 34.9 Å². The SMILES string of the molecule is CS/C(=N\CCSCc1csc(N=C(N)N)n1)NC#N. The fraction of sp³-hybridized carbons (Fsp3) is 0.400. The number of guanidine groups is 1. The predicted octanol–water partition coefficient (Wildman–Crippen LogP) is 1.07. The van der Waals surface area contributed by atoms with E-state index in [1.54, 1.807) is 11.8 Å². The van der Waals surface area contributed by atoms with Crippen molar-refractivity contribution >= 4 is 51.1 Å². The van der Waals surface area contributed by atoms with Crippen LogP contribution in [0.15, 0.2) is 15.4 Å². The van der Waals surface area contributed by atoms with Gasteiger partial charge in [-0.2, -0.15) is 22.0 Å². The summed E-state index contributed by atoms with van der Waals surface area (Å²) < 4.78 is 0. The topological polar surface area (TPSA) is 125 Å². The molecule has 1 aromatic heterocycles. The Kier molecular flexibility index (Phi) is 7.86. The second kappa shape index (κ2) is 9.46. The maximum atomic E-state index is 8.49. The molecule has 1 aromatic rings. The minimum Gasteiger partial charge on any atom is -0.370 e. The average molecular weight is 329 g/mol. The lowest BCUT2D eigenvalue weighted by Gasteiger charge is -1.99. The van der Waals surface area contributed by atoms with Gasteiger partial charge in [-0.05, 0) is 6.26 Å². The zero-order valence-electron chi connectivity index (χ0n) is 10.9. The number of nitriles is 1. The summed E-state index contributed by atoms with van der Waals surface area (Å²) in [5, 5.41) is 14.2. The molecule has 0 spiro atoms. The van der Waals surface area contributed by atoms with Gasteiger partial charge < -0.3 is 11.5 Å². The first kappa shape index (κ1) is 16.6. The molecule has 0 fully saturated rings. The van der Waals surface area contributed by atoms with Crippen LogP contribution < -0.4 is 16.8 Å². The molecular formula is C10H15N7S3. The van der Waals surface area contributed by atoms with Crippen LogP contribution in [0.25, 0.3) is 0 Å². The van der Waals surface area contributed by atoms with E-state index in [0.29, 0.717) is 16.8 Å². The molecule has 7 nitrogen and oxygen atoms in total. The number of nitrogens with one attached hydrogen (secondary N) is 1. The maximum absolute atomic E-state index is 8.49. The van der Waals surface area contributed by atoms with Gasteiger partial charge >= 0.3 is 0 Å². The summed E-state index contributed by atoms with van der Waals surface area (Å²) in [6.45, 7) is 0.653. The van der Waals surface area contributed by atoms with E-state index in [-0.39, 0.29) is 5.96 Å². The summed E-state index contributed by atoms with van der Waals surface area (Å²) in [6.07, 6.45) is 3.73. The van der Waals surface area contributed by atoms with Gasteiger partial charge in [-0.25, -0.2) is 4.98 Å². The van der Waals surface area contributed by atoms with E-state index in [0.717, 1.165) is 17.2 Å². The van der Waals surface area contributed by atoms with Gasteiger partial charge in [0.15, 0.2) is 17.3 Å². The summed E-state index contributed by atoms with van der Waals surface area (Å²) in [4.78, 5) is 12.4. The van der Waals surface area contributed by atoms with Gasteiger partial charge in [0, 0.05) is 16.9 Å². The first-order chi connectivity index (χ1) is 9.65. The highest BCUT2D eigenvalue weighted by molar-refractivity contribution is 8.13. The number of amidine groups is 1. The van der Waals surface area contributed by atoms with Crippen LogP contribution in [-0.2, 0) is 5.75 Å².